The number of esters is 2. The van der Waals surface area contributed by atoms with Crippen molar-refractivity contribution in [3.05, 3.63) is 143 Å². The number of terminal acetylenes is 2. The maximum atomic E-state index is 13.6. The quantitative estimate of drug-likeness (QED) is 0.0359. The van der Waals surface area contributed by atoms with Gasteiger partial charge >= 0.3 is 11.9 Å². The van der Waals surface area contributed by atoms with Gasteiger partial charge in [0.15, 0.2) is 0 Å². The first kappa shape index (κ1) is 48.1. The number of aliphatic hydroxyl groups excluding tert-OH is 2. The predicted molar refractivity (Wildman–Crippen MR) is 255 cm³/mol. The topological polar surface area (TPSA) is 205 Å². The molecule has 2 aliphatic heterocycles. The van der Waals surface area contributed by atoms with E-state index >= 15 is 0 Å². The molecule has 2 aliphatic rings. The summed E-state index contributed by atoms with van der Waals surface area (Å²) in [5.41, 5.74) is 1.13. The maximum Gasteiger partial charge on any atom is 0.338 e. The number of hydrogen-bond donors (Lipinski definition) is 2. The maximum absolute atomic E-state index is 13.6. The van der Waals surface area contributed by atoms with Crippen LogP contribution in [0.15, 0.2) is 109 Å². The molecule has 16 heteroatoms. The standard InChI is InChI=1S/C54H44N2O14/c1-3-21-67-39-15-19-41-33(25-39)9-7-11-47(41)55-49(59)43-17-13-35(27-45(43)51(55)61)53(63)69-31-37(57)29-65-23-5-6-24-66-30-38(58)32-70-54(64)36-14-18-44-46(28-36)52(62)56(50(44)60)48-12-8-10-34-26-40(68-22-4-2)16-20-42(34)48/h1-2,7-20,25-28,37-38,57-58H,5-6,21-24,29-32H2. The van der Waals surface area contributed by atoms with Crippen LogP contribution in [0.25, 0.3) is 21.5 Å². The smallest absolute Gasteiger partial charge is 0.338 e. The van der Waals surface area contributed by atoms with Crippen molar-refractivity contribution >= 4 is 68.5 Å². The van der Waals surface area contributed by atoms with Crippen LogP contribution in [0.3, 0.4) is 0 Å². The van der Waals surface area contributed by atoms with Gasteiger partial charge in [0.2, 0.25) is 0 Å². The molecule has 4 amide bonds. The Balaban J connectivity index is 0.715. The van der Waals surface area contributed by atoms with Crippen LogP contribution in [-0.4, -0.2) is 111 Å². The van der Waals surface area contributed by atoms with Crippen molar-refractivity contribution in [1.82, 2.24) is 0 Å². The second-order valence-corrected chi connectivity index (χ2v) is 16.1. The summed E-state index contributed by atoms with van der Waals surface area (Å²) >= 11 is 0. The lowest BCUT2D eigenvalue weighted by atomic mass is 10.1. The number of ether oxygens (including phenoxy) is 6. The molecule has 0 saturated carbocycles. The number of anilines is 2. The summed E-state index contributed by atoms with van der Waals surface area (Å²) in [7, 11) is 0. The fraction of sp³-hybridized carbons (Fsp3) is 0.222. The second-order valence-electron chi connectivity index (χ2n) is 16.1. The molecule has 70 heavy (non-hydrogen) atoms. The number of aliphatic hydroxyl groups is 2. The molecule has 0 spiro atoms. The highest BCUT2D eigenvalue weighted by molar-refractivity contribution is 6.37. The van der Waals surface area contributed by atoms with Crippen LogP contribution in [-0.2, 0) is 18.9 Å². The first-order valence-electron chi connectivity index (χ1n) is 22.1. The molecule has 354 valence electrons. The number of unbranched alkanes of at least 4 members (excludes halogenated alkanes) is 1. The first-order valence-corrected chi connectivity index (χ1v) is 22.1. The number of rotatable bonds is 21. The molecule has 0 aliphatic carbocycles. The molecule has 6 aromatic rings. The van der Waals surface area contributed by atoms with Gasteiger partial charge in [-0.1, -0.05) is 36.1 Å². The molecule has 2 unspecified atom stereocenters. The Hall–Kier alpha value is -8.38. The molecule has 0 aromatic heterocycles. The van der Waals surface area contributed by atoms with E-state index < -0.39 is 47.8 Å². The summed E-state index contributed by atoms with van der Waals surface area (Å²) in [4.78, 5) is 81.9. The molecule has 0 fully saturated rings. The number of nitrogens with zero attached hydrogens (tertiary/aromatic N) is 2. The van der Waals surface area contributed by atoms with Crippen molar-refractivity contribution in [3.8, 4) is 36.2 Å². The molecule has 16 nitrogen and oxygen atoms in total. The summed E-state index contributed by atoms with van der Waals surface area (Å²) in [6.45, 7) is -0.347. The highest BCUT2D eigenvalue weighted by Crippen LogP contribution is 2.37. The first-order chi connectivity index (χ1) is 34.0. The van der Waals surface area contributed by atoms with Crippen molar-refractivity contribution < 1.29 is 67.4 Å². The van der Waals surface area contributed by atoms with Gasteiger partial charge in [0.1, 0.15) is 50.1 Å². The fourth-order valence-corrected chi connectivity index (χ4v) is 7.94. The van der Waals surface area contributed by atoms with E-state index in [4.69, 9.17) is 41.3 Å². The Kier molecular flexibility index (Phi) is 14.9. The predicted octanol–water partition coefficient (Wildman–Crippen LogP) is 6.17. The summed E-state index contributed by atoms with van der Waals surface area (Å²) < 4.78 is 32.5. The molecule has 0 bridgehead atoms. The van der Waals surface area contributed by atoms with Crippen LogP contribution in [0.2, 0.25) is 0 Å². The number of imide groups is 2. The lowest BCUT2D eigenvalue weighted by Gasteiger charge is -2.17. The van der Waals surface area contributed by atoms with E-state index in [1.165, 1.54) is 36.4 Å². The van der Waals surface area contributed by atoms with Crippen molar-refractivity contribution in [1.29, 1.82) is 0 Å². The minimum Gasteiger partial charge on any atom is -0.481 e. The van der Waals surface area contributed by atoms with Gasteiger partial charge in [-0.05, 0) is 109 Å². The number of fused-ring (bicyclic) bond motifs is 4. The Morgan fingerprint density at radius 1 is 0.514 bits per heavy atom. The molecular formula is C54H44N2O14. The van der Waals surface area contributed by atoms with E-state index in [-0.39, 0.29) is 86.2 Å². The Morgan fingerprint density at radius 3 is 1.34 bits per heavy atom. The molecular weight excluding hydrogens is 901 g/mol. The second kappa shape index (κ2) is 21.7. The lowest BCUT2D eigenvalue weighted by Crippen LogP contribution is -2.29. The summed E-state index contributed by atoms with van der Waals surface area (Å²) in [6.07, 6.45) is 9.38. The highest BCUT2D eigenvalue weighted by atomic mass is 16.6. The van der Waals surface area contributed by atoms with Crippen molar-refractivity contribution in [2.24, 2.45) is 0 Å². The zero-order valence-corrected chi connectivity index (χ0v) is 37.5. The van der Waals surface area contributed by atoms with Crippen molar-refractivity contribution in [3.63, 3.8) is 0 Å². The number of hydrogen-bond acceptors (Lipinski definition) is 14. The van der Waals surface area contributed by atoms with Crippen molar-refractivity contribution in [2.45, 2.75) is 25.0 Å². The molecule has 8 rings (SSSR count). The highest BCUT2D eigenvalue weighted by Gasteiger charge is 2.39. The lowest BCUT2D eigenvalue weighted by molar-refractivity contribution is -0.0182. The monoisotopic (exact) mass is 944 g/mol. The van der Waals surface area contributed by atoms with Gasteiger partial charge in [-0.2, -0.15) is 0 Å². The van der Waals surface area contributed by atoms with Crippen LogP contribution < -0.4 is 19.3 Å². The van der Waals surface area contributed by atoms with Gasteiger partial charge in [-0.25, -0.2) is 19.4 Å². The van der Waals surface area contributed by atoms with E-state index in [2.05, 4.69) is 11.8 Å². The Bertz CT molecular complexity index is 2920. The molecule has 6 aromatic carbocycles. The van der Waals surface area contributed by atoms with E-state index in [1.54, 1.807) is 60.7 Å². The normalized spacial score (nSPS) is 13.7. The SMILES string of the molecule is C#CCOc1ccc2c(N3C(=O)c4ccc(C(=O)OCC(O)COCCCCOCC(O)COC(=O)c5ccc6c(c5)C(=O)N(c5cccc7cc(OCC#C)ccc57)C6=O)cc4C3=O)cccc2c1. The zero-order chi connectivity index (χ0) is 49.3. The molecule has 2 N–H and O–H groups in total. The minimum atomic E-state index is -1.14. The van der Waals surface area contributed by atoms with Gasteiger partial charge in [-0.15, -0.1) is 12.8 Å². The summed E-state index contributed by atoms with van der Waals surface area (Å²) in [6, 6.07) is 28.9. The van der Waals surface area contributed by atoms with E-state index in [9.17, 15) is 39.0 Å². The molecule has 2 atom stereocenters. The van der Waals surface area contributed by atoms with E-state index in [1.807, 2.05) is 12.1 Å². The zero-order valence-electron chi connectivity index (χ0n) is 37.5. The summed E-state index contributed by atoms with van der Waals surface area (Å²) in [5, 5.41) is 23.5. The number of amides is 4. The summed E-state index contributed by atoms with van der Waals surface area (Å²) in [5.74, 6) is 2.00. The van der Waals surface area contributed by atoms with Crippen LogP contribution in [0.1, 0.15) is 75.0 Å². The van der Waals surface area contributed by atoms with Gasteiger partial charge in [0.25, 0.3) is 23.6 Å². The number of benzene rings is 6. The van der Waals surface area contributed by atoms with E-state index in [0.717, 1.165) is 20.6 Å². The molecule has 0 saturated heterocycles. The third-order valence-corrected chi connectivity index (χ3v) is 11.3. The molecule has 2 heterocycles. The minimum absolute atomic E-state index is 0.0245. The van der Waals surface area contributed by atoms with Crippen LogP contribution in [0.5, 0.6) is 11.5 Å². The van der Waals surface area contributed by atoms with Crippen LogP contribution >= 0.6 is 0 Å². The van der Waals surface area contributed by atoms with Crippen molar-refractivity contribution in [2.75, 3.05) is 62.7 Å². The Morgan fingerprint density at radius 2 is 0.929 bits per heavy atom. The number of carbonyl (C=O) groups is 6. The third-order valence-electron chi connectivity index (χ3n) is 11.3. The fourth-order valence-electron chi connectivity index (χ4n) is 7.94. The van der Waals surface area contributed by atoms with Crippen LogP contribution in [0, 0.1) is 24.7 Å². The average Bonchev–Trinajstić information content (AvgIpc) is 3.78. The van der Waals surface area contributed by atoms with Gasteiger partial charge in [0.05, 0.1) is 58.0 Å². The average molecular weight is 945 g/mol. The molecule has 0 radical (unpaired) electrons. The van der Waals surface area contributed by atoms with Gasteiger partial charge in [-0.3, -0.25) is 19.2 Å². The third kappa shape index (κ3) is 10.4. The largest absolute Gasteiger partial charge is 0.481 e. The van der Waals surface area contributed by atoms with E-state index in [0.29, 0.717) is 46.5 Å². The number of carbonyl (C=O) groups excluding carboxylic acids is 6. The van der Waals surface area contributed by atoms with Gasteiger partial charge in [0, 0.05) is 24.0 Å². The van der Waals surface area contributed by atoms with Crippen LogP contribution in [0.4, 0.5) is 11.4 Å². The Labute approximate surface area is 401 Å². The van der Waals surface area contributed by atoms with Gasteiger partial charge < -0.3 is 38.6 Å².